The van der Waals surface area contributed by atoms with Crippen LogP contribution in [0.25, 0.3) is 0 Å². The van der Waals surface area contributed by atoms with Crippen molar-refractivity contribution in [1.29, 1.82) is 0 Å². The number of methoxy groups -OCH3 is 1. The van der Waals surface area contributed by atoms with Gasteiger partial charge in [-0.15, -0.1) is 0 Å². The largest absolute Gasteiger partial charge is 0.497 e. The molecule has 0 saturated carbocycles. The fraction of sp³-hybridized carbons (Fsp3) is 0.632. The highest BCUT2D eigenvalue weighted by molar-refractivity contribution is 5.74. The van der Waals surface area contributed by atoms with Gasteiger partial charge in [0.15, 0.2) is 0 Å². The maximum absolute atomic E-state index is 12.4. The molecule has 0 spiro atoms. The summed E-state index contributed by atoms with van der Waals surface area (Å²) < 4.78 is 5.20. The highest BCUT2D eigenvalue weighted by Gasteiger charge is 2.20. The lowest BCUT2D eigenvalue weighted by Crippen LogP contribution is -2.40. The van der Waals surface area contributed by atoms with E-state index < -0.39 is 0 Å². The molecule has 0 unspecified atom stereocenters. The third kappa shape index (κ3) is 5.13. The summed E-state index contributed by atoms with van der Waals surface area (Å²) in [6, 6.07) is 8.03. The van der Waals surface area contributed by atoms with E-state index in [1.807, 2.05) is 31.3 Å². The number of urea groups is 1. The number of benzene rings is 1. The van der Waals surface area contributed by atoms with Crippen LogP contribution in [0.3, 0.4) is 0 Å². The van der Waals surface area contributed by atoms with Crippen molar-refractivity contribution < 1.29 is 9.53 Å². The summed E-state index contributed by atoms with van der Waals surface area (Å²) in [6.07, 6.45) is 4.52. The smallest absolute Gasteiger partial charge is 0.317 e. The first-order valence-electron chi connectivity index (χ1n) is 9.02. The van der Waals surface area contributed by atoms with E-state index in [0.29, 0.717) is 0 Å². The van der Waals surface area contributed by atoms with Crippen LogP contribution >= 0.6 is 0 Å². The summed E-state index contributed by atoms with van der Waals surface area (Å²) in [7, 11) is 3.53. The average molecular weight is 333 g/mol. The van der Waals surface area contributed by atoms with Gasteiger partial charge in [-0.3, -0.25) is 0 Å². The lowest BCUT2D eigenvalue weighted by atomic mass is 10.0. The summed E-state index contributed by atoms with van der Waals surface area (Å²) in [5.74, 6) is 0.836. The van der Waals surface area contributed by atoms with Crippen LogP contribution in [0.5, 0.6) is 5.75 Å². The molecular formula is C19H31N3O2. The van der Waals surface area contributed by atoms with Gasteiger partial charge in [0.2, 0.25) is 0 Å². The lowest BCUT2D eigenvalue weighted by Gasteiger charge is -2.28. The minimum Gasteiger partial charge on any atom is -0.497 e. The van der Waals surface area contributed by atoms with Gasteiger partial charge >= 0.3 is 6.03 Å². The third-order valence-corrected chi connectivity index (χ3v) is 4.80. The SMILES string of the molecule is CC[C@@H](c1ccc(OC)cc1)N(C)C(=O)NCCCN1CCCC1. The topological polar surface area (TPSA) is 44.8 Å². The van der Waals surface area contributed by atoms with E-state index in [0.717, 1.165) is 37.2 Å². The molecular weight excluding hydrogens is 302 g/mol. The Hall–Kier alpha value is -1.75. The predicted molar refractivity (Wildman–Crippen MR) is 97.5 cm³/mol. The molecule has 2 amide bonds. The molecule has 1 heterocycles. The van der Waals surface area contributed by atoms with Gasteiger partial charge in [-0.2, -0.15) is 0 Å². The maximum atomic E-state index is 12.4. The Labute approximate surface area is 146 Å². The highest BCUT2D eigenvalue weighted by atomic mass is 16.5. The second-order valence-corrected chi connectivity index (χ2v) is 6.44. The average Bonchev–Trinajstić information content (AvgIpc) is 3.13. The Balaban J connectivity index is 1.80. The van der Waals surface area contributed by atoms with E-state index in [2.05, 4.69) is 17.1 Å². The Kier molecular flexibility index (Phi) is 7.37. The molecule has 24 heavy (non-hydrogen) atoms. The molecule has 1 aliphatic rings. The van der Waals surface area contributed by atoms with Crippen LogP contribution in [-0.4, -0.2) is 56.2 Å². The molecule has 2 rings (SSSR count). The first-order valence-corrected chi connectivity index (χ1v) is 9.02. The van der Waals surface area contributed by atoms with Crippen molar-refractivity contribution in [2.24, 2.45) is 0 Å². The summed E-state index contributed by atoms with van der Waals surface area (Å²) in [5.41, 5.74) is 1.13. The molecule has 0 aromatic heterocycles. The van der Waals surface area contributed by atoms with Gasteiger partial charge < -0.3 is 19.9 Å². The lowest BCUT2D eigenvalue weighted by molar-refractivity contribution is 0.188. The summed E-state index contributed by atoms with van der Waals surface area (Å²) in [6.45, 7) is 6.34. The van der Waals surface area contributed by atoms with E-state index in [1.54, 1.807) is 12.0 Å². The molecule has 0 radical (unpaired) electrons. The first kappa shape index (κ1) is 18.6. The summed E-state index contributed by atoms with van der Waals surface area (Å²) >= 11 is 0. The second-order valence-electron chi connectivity index (χ2n) is 6.44. The van der Waals surface area contributed by atoms with Gasteiger partial charge in [-0.05, 0) is 63.0 Å². The number of carbonyl (C=O) groups is 1. The van der Waals surface area contributed by atoms with E-state index in [1.165, 1.54) is 25.9 Å². The van der Waals surface area contributed by atoms with Gasteiger partial charge in [0.25, 0.3) is 0 Å². The van der Waals surface area contributed by atoms with Crippen molar-refractivity contribution in [1.82, 2.24) is 15.1 Å². The van der Waals surface area contributed by atoms with E-state index >= 15 is 0 Å². The van der Waals surface area contributed by atoms with Crippen LogP contribution < -0.4 is 10.1 Å². The number of rotatable bonds is 8. The number of carbonyl (C=O) groups excluding carboxylic acids is 1. The van der Waals surface area contributed by atoms with Gasteiger partial charge in [-0.1, -0.05) is 19.1 Å². The van der Waals surface area contributed by atoms with Crippen molar-refractivity contribution in [3.8, 4) is 5.75 Å². The Morgan fingerprint density at radius 2 is 1.96 bits per heavy atom. The summed E-state index contributed by atoms with van der Waals surface area (Å²) in [5, 5.41) is 3.05. The minimum atomic E-state index is -0.000843. The quantitative estimate of drug-likeness (QED) is 0.743. The Bertz CT molecular complexity index is 498. The van der Waals surface area contributed by atoms with Crippen molar-refractivity contribution in [2.75, 3.05) is 40.3 Å². The molecule has 0 bridgehead atoms. The first-order chi connectivity index (χ1) is 11.7. The van der Waals surface area contributed by atoms with Crippen LogP contribution in [-0.2, 0) is 0 Å². The molecule has 5 nitrogen and oxygen atoms in total. The Morgan fingerprint density at radius 3 is 2.54 bits per heavy atom. The van der Waals surface area contributed by atoms with Crippen LogP contribution in [0, 0.1) is 0 Å². The van der Waals surface area contributed by atoms with E-state index in [4.69, 9.17) is 4.74 Å². The minimum absolute atomic E-state index is 0.000843. The molecule has 1 N–H and O–H groups in total. The van der Waals surface area contributed by atoms with Crippen LogP contribution in [0.15, 0.2) is 24.3 Å². The molecule has 134 valence electrons. The van der Waals surface area contributed by atoms with Crippen molar-refractivity contribution >= 4 is 6.03 Å². The Morgan fingerprint density at radius 1 is 1.29 bits per heavy atom. The van der Waals surface area contributed by atoms with Gasteiger partial charge in [0.1, 0.15) is 5.75 Å². The third-order valence-electron chi connectivity index (χ3n) is 4.80. The molecule has 1 aromatic rings. The van der Waals surface area contributed by atoms with E-state index in [9.17, 15) is 4.79 Å². The van der Waals surface area contributed by atoms with Crippen molar-refractivity contribution in [3.63, 3.8) is 0 Å². The number of hydrogen-bond acceptors (Lipinski definition) is 3. The summed E-state index contributed by atoms with van der Waals surface area (Å²) in [4.78, 5) is 16.7. The van der Waals surface area contributed by atoms with Crippen molar-refractivity contribution in [2.45, 2.75) is 38.6 Å². The number of nitrogens with zero attached hydrogens (tertiary/aromatic N) is 2. The number of hydrogen-bond donors (Lipinski definition) is 1. The zero-order valence-corrected chi connectivity index (χ0v) is 15.3. The molecule has 1 aromatic carbocycles. The van der Waals surface area contributed by atoms with E-state index in [-0.39, 0.29) is 12.1 Å². The van der Waals surface area contributed by atoms with Crippen LogP contribution in [0.2, 0.25) is 0 Å². The zero-order chi connectivity index (χ0) is 17.4. The second kappa shape index (κ2) is 9.52. The monoisotopic (exact) mass is 333 g/mol. The highest BCUT2D eigenvalue weighted by Crippen LogP contribution is 2.24. The normalized spacial score (nSPS) is 16.0. The fourth-order valence-electron chi connectivity index (χ4n) is 3.33. The molecule has 5 heteroatoms. The molecule has 1 saturated heterocycles. The molecule has 0 aliphatic carbocycles. The molecule has 1 fully saturated rings. The van der Waals surface area contributed by atoms with Crippen LogP contribution in [0.4, 0.5) is 4.79 Å². The standard InChI is InChI=1S/C19H31N3O2/c1-4-18(16-8-10-17(24-3)11-9-16)21(2)19(23)20-12-7-15-22-13-5-6-14-22/h8-11,18H,4-7,12-15H2,1-3H3,(H,20,23)/t18-/m0/s1. The molecule has 1 aliphatic heterocycles. The predicted octanol–water partition coefficient (Wildman–Crippen LogP) is 3.27. The molecule has 1 atom stereocenters. The zero-order valence-electron chi connectivity index (χ0n) is 15.3. The number of likely N-dealkylation sites (tertiary alicyclic amines) is 1. The number of ether oxygens (including phenoxy) is 1. The maximum Gasteiger partial charge on any atom is 0.317 e. The van der Waals surface area contributed by atoms with Crippen molar-refractivity contribution in [3.05, 3.63) is 29.8 Å². The number of amides is 2. The number of nitrogens with one attached hydrogen (secondary N) is 1. The fourth-order valence-corrected chi connectivity index (χ4v) is 3.33. The van der Waals surface area contributed by atoms with Crippen LogP contribution in [0.1, 0.15) is 44.2 Å². The van der Waals surface area contributed by atoms with Gasteiger partial charge in [-0.25, -0.2) is 4.79 Å². The van der Waals surface area contributed by atoms with Gasteiger partial charge in [0.05, 0.1) is 13.2 Å². The van der Waals surface area contributed by atoms with Gasteiger partial charge in [0, 0.05) is 13.6 Å².